The molecule has 13 heteroatoms. The molecule has 0 aromatic rings. The van der Waals surface area contributed by atoms with Gasteiger partial charge in [0, 0.05) is 0 Å². The van der Waals surface area contributed by atoms with Crippen LogP contribution in [-0.2, 0) is 13.4 Å². The van der Waals surface area contributed by atoms with Crippen molar-refractivity contribution in [2.75, 3.05) is 0 Å². The van der Waals surface area contributed by atoms with E-state index in [1.165, 1.54) is 0 Å². The Morgan fingerprint density at radius 2 is 0.923 bits per heavy atom. The van der Waals surface area contributed by atoms with Crippen LogP contribution in [0.25, 0.3) is 0 Å². The number of hydrogen-bond donors (Lipinski definition) is 3. The third kappa shape index (κ3) is 31.8. The fourth-order valence-corrected chi connectivity index (χ4v) is 1.10. The Kier molecular flexibility index (Phi) is 22.2. The van der Waals surface area contributed by atoms with E-state index in [0.717, 1.165) is 0 Å². The first-order chi connectivity index (χ1) is 3.71. The van der Waals surface area contributed by atoms with Crippen LogP contribution < -0.4 is 38.0 Å². The third-order valence-electron chi connectivity index (χ3n) is 0.200. The van der Waals surface area contributed by atoms with E-state index < -0.39 is 15.6 Å². The number of quaternary nitrogens is 3. The van der Waals surface area contributed by atoms with Crippen LogP contribution in [0.2, 0.25) is 0 Å². The van der Waals surface area contributed by atoms with E-state index in [1.54, 1.807) is 0 Å². The standard InChI is InChI=1S/La.3H3N.H4O7P2/c;;;;1-8(2,3)7-9(4,5)6/h;3*1H3;(H2,1,2,3)(H2,4,5,6)/q+1;;;;/p-1. The van der Waals surface area contributed by atoms with Gasteiger partial charge in [-0.1, -0.05) is 0 Å². The normalized spacial score (nSPS) is 9.54. The van der Waals surface area contributed by atoms with Gasteiger partial charge in [-0.2, -0.15) is 0 Å². The summed E-state index contributed by atoms with van der Waals surface area (Å²) in [5, 5.41) is 0. The molecule has 0 spiro atoms. The molecule has 0 atom stereocenters. The van der Waals surface area contributed by atoms with E-state index in [2.05, 4.69) is 4.31 Å². The molecule has 0 fully saturated rings. The summed E-state index contributed by atoms with van der Waals surface area (Å²) >= 11 is 0. The van der Waals surface area contributed by atoms with Crippen LogP contribution in [0.3, 0.4) is 0 Å². The summed E-state index contributed by atoms with van der Waals surface area (Å²) in [7, 11) is -11.4. The molecule has 0 unspecified atom stereocenters. The van der Waals surface area contributed by atoms with Gasteiger partial charge in [-0.3, -0.25) is 0 Å². The second-order valence-corrected chi connectivity index (χ2v) is 3.42. The summed E-state index contributed by atoms with van der Waals surface area (Å²) in [6.07, 6.45) is 0. The summed E-state index contributed by atoms with van der Waals surface area (Å²) in [6, 6.07) is 0. The van der Waals surface area contributed by atoms with Gasteiger partial charge in [-0.05, 0) is 0 Å². The molecular formula is H12LaN3O7P2. The second-order valence-electron chi connectivity index (χ2n) is 0.976. The molecular weight excluding hydrogens is 355 g/mol. The summed E-state index contributed by atoms with van der Waals surface area (Å²) in [4.78, 5) is 37.3. The van der Waals surface area contributed by atoms with Crippen LogP contribution in [-0.4, -0.2) is 0 Å². The van der Waals surface area contributed by atoms with Gasteiger partial charge in [0.05, 0.1) is 15.6 Å². The predicted molar refractivity (Wildman–Crippen MR) is 34.3 cm³/mol. The maximum absolute atomic E-state index is 9.32. The van der Waals surface area contributed by atoms with Crippen molar-refractivity contribution in [1.29, 1.82) is 0 Å². The van der Waals surface area contributed by atoms with Crippen molar-refractivity contribution in [2.45, 2.75) is 0 Å². The van der Waals surface area contributed by atoms with Crippen LogP contribution in [0.1, 0.15) is 0 Å². The van der Waals surface area contributed by atoms with Gasteiger partial charge in [0.25, 0.3) is 0 Å². The molecule has 0 aliphatic heterocycles. The number of phosphoric acid groups is 2. The van der Waals surface area contributed by atoms with Crippen LogP contribution in [0.15, 0.2) is 0 Å². The topological polar surface area (TPSA) is 245 Å². The van der Waals surface area contributed by atoms with Gasteiger partial charge in [0.1, 0.15) is 0 Å². The van der Waals surface area contributed by atoms with Crippen LogP contribution in [0.4, 0.5) is 0 Å². The zero-order chi connectivity index (χ0) is 7.71. The van der Waals surface area contributed by atoms with Crippen LogP contribution >= 0.6 is 15.6 Å². The summed E-state index contributed by atoms with van der Waals surface area (Å²) in [6.45, 7) is 0. The molecule has 0 saturated carbocycles. The first kappa shape index (κ1) is 29.3. The summed E-state index contributed by atoms with van der Waals surface area (Å²) in [5.41, 5.74) is 0. The molecule has 0 heterocycles. The molecule has 13 heavy (non-hydrogen) atoms. The minimum absolute atomic E-state index is 0. The molecule has 82 valence electrons. The fourth-order valence-electron chi connectivity index (χ4n) is 0.122. The van der Waals surface area contributed by atoms with E-state index in [4.69, 9.17) is 0 Å². The van der Waals surface area contributed by atoms with E-state index in [9.17, 15) is 28.7 Å². The average molecular weight is 367 g/mol. The number of rotatable bonds is 2. The SMILES string of the molecule is O=P([O-])([O-])OP(=O)([O-])[O-].[La+].[NH4+].[NH4+].[NH4+]. The zero-order valence-corrected chi connectivity index (χ0v) is 12.7. The molecule has 0 aromatic heterocycles. The molecule has 0 rings (SSSR count). The Morgan fingerprint density at radius 3 is 0.923 bits per heavy atom. The second kappa shape index (κ2) is 9.87. The van der Waals surface area contributed by atoms with Gasteiger partial charge >= 0.3 is 35.6 Å². The Labute approximate surface area is 102 Å². The van der Waals surface area contributed by atoms with Crippen molar-refractivity contribution in [1.82, 2.24) is 18.5 Å². The predicted octanol–water partition coefficient (Wildman–Crippen LogP) is -2.21. The average Bonchev–Trinajstić information content (AvgIpc) is 1.14. The van der Waals surface area contributed by atoms with Crippen molar-refractivity contribution < 1.29 is 68.6 Å². The van der Waals surface area contributed by atoms with E-state index in [-0.39, 0.29) is 54.1 Å². The molecule has 0 radical (unpaired) electrons. The van der Waals surface area contributed by atoms with Crippen molar-refractivity contribution in [3.8, 4) is 0 Å². The first-order valence-electron chi connectivity index (χ1n) is 1.46. The molecule has 0 aliphatic rings. The van der Waals surface area contributed by atoms with Crippen molar-refractivity contribution in [3.05, 3.63) is 0 Å². The maximum Gasteiger partial charge on any atom is 1.00 e. The Balaban J connectivity index is -0.0000000533. The van der Waals surface area contributed by atoms with Gasteiger partial charge < -0.3 is 51.5 Å². The molecule has 0 aromatic carbocycles. The Hall–Kier alpha value is 1.33. The molecule has 10 nitrogen and oxygen atoms in total. The summed E-state index contributed by atoms with van der Waals surface area (Å²) < 4.78 is 21.2. The van der Waals surface area contributed by atoms with Crippen LogP contribution in [0.5, 0.6) is 0 Å². The molecule has 0 aliphatic carbocycles. The monoisotopic (exact) mass is 367 g/mol. The summed E-state index contributed by atoms with van der Waals surface area (Å²) in [5.74, 6) is 0. The van der Waals surface area contributed by atoms with Crippen LogP contribution in [0, 0.1) is 35.6 Å². The molecule has 12 N–H and O–H groups in total. The Morgan fingerprint density at radius 1 is 0.769 bits per heavy atom. The van der Waals surface area contributed by atoms with Gasteiger partial charge in [-0.25, -0.2) is 0 Å². The van der Waals surface area contributed by atoms with Crippen molar-refractivity contribution in [2.24, 2.45) is 0 Å². The molecule has 0 bridgehead atoms. The van der Waals surface area contributed by atoms with Gasteiger partial charge in [-0.15, -0.1) is 0 Å². The largest absolute Gasteiger partial charge is 1.00 e. The van der Waals surface area contributed by atoms with E-state index in [1.807, 2.05) is 0 Å². The number of hydrogen-bond acceptors (Lipinski definition) is 7. The van der Waals surface area contributed by atoms with E-state index in [0.29, 0.717) is 0 Å². The Bertz CT molecular complexity index is 162. The molecule has 0 saturated heterocycles. The fraction of sp³-hybridized carbons (Fsp3) is 0. The van der Waals surface area contributed by atoms with Gasteiger partial charge in [0.15, 0.2) is 0 Å². The zero-order valence-electron chi connectivity index (χ0n) is 7.33. The van der Waals surface area contributed by atoms with E-state index >= 15 is 0 Å². The quantitative estimate of drug-likeness (QED) is 0.453. The van der Waals surface area contributed by atoms with Crippen molar-refractivity contribution in [3.63, 3.8) is 0 Å². The third-order valence-corrected chi connectivity index (χ3v) is 1.80. The minimum Gasteiger partial charge on any atom is -0.790 e. The minimum atomic E-state index is -5.68. The van der Waals surface area contributed by atoms with Crippen molar-refractivity contribution >= 4 is 15.6 Å². The van der Waals surface area contributed by atoms with Gasteiger partial charge in [0.2, 0.25) is 0 Å². The molecule has 0 amide bonds. The maximum atomic E-state index is 9.32. The smallest absolute Gasteiger partial charge is 0.790 e. The first-order valence-corrected chi connectivity index (χ1v) is 4.38.